The summed E-state index contributed by atoms with van der Waals surface area (Å²) in [4.78, 5) is 11.5. The first kappa shape index (κ1) is 13.6. The van der Waals surface area contributed by atoms with E-state index < -0.39 is 0 Å². The average Bonchev–Trinajstić information content (AvgIpc) is 2.37. The van der Waals surface area contributed by atoms with Crippen molar-refractivity contribution >= 4 is 5.91 Å². The van der Waals surface area contributed by atoms with Crippen LogP contribution in [0.1, 0.15) is 38.2 Å². The summed E-state index contributed by atoms with van der Waals surface area (Å²) in [7, 11) is 1.64. The van der Waals surface area contributed by atoms with E-state index in [1.165, 1.54) is 0 Å². The molecule has 17 heavy (non-hydrogen) atoms. The molecule has 3 heteroatoms. The molecule has 3 nitrogen and oxygen atoms in total. The number of para-hydroxylation sites is 1. The number of unbranched alkanes of at least 4 members (excludes halogenated alkanes) is 2. The van der Waals surface area contributed by atoms with Gasteiger partial charge in [-0.1, -0.05) is 38.0 Å². The Morgan fingerprint density at radius 1 is 1.29 bits per heavy atom. The molecule has 0 bridgehead atoms. The van der Waals surface area contributed by atoms with Gasteiger partial charge in [-0.25, -0.2) is 0 Å². The van der Waals surface area contributed by atoms with Crippen LogP contribution in [-0.4, -0.2) is 13.0 Å². The van der Waals surface area contributed by atoms with Crippen LogP contribution in [-0.2, 0) is 11.3 Å². The summed E-state index contributed by atoms with van der Waals surface area (Å²) in [6.45, 7) is 2.67. The smallest absolute Gasteiger partial charge is 0.220 e. The van der Waals surface area contributed by atoms with Crippen molar-refractivity contribution in [2.75, 3.05) is 7.11 Å². The SMILES string of the molecule is CCCCCC(=O)NCc1ccccc1OC. The topological polar surface area (TPSA) is 38.3 Å². The Morgan fingerprint density at radius 2 is 2.06 bits per heavy atom. The summed E-state index contributed by atoms with van der Waals surface area (Å²) in [5, 5.41) is 2.91. The molecule has 0 unspecified atom stereocenters. The van der Waals surface area contributed by atoms with E-state index in [-0.39, 0.29) is 5.91 Å². The van der Waals surface area contributed by atoms with E-state index in [2.05, 4.69) is 12.2 Å². The summed E-state index contributed by atoms with van der Waals surface area (Å²) in [6, 6.07) is 7.73. The molecule has 0 fully saturated rings. The highest BCUT2D eigenvalue weighted by atomic mass is 16.5. The van der Waals surface area contributed by atoms with Gasteiger partial charge in [0.05, 0.1) is 7.11 Å². The zero-order valence-corrected chi connectivity index (χ0v) is 10.7. The van der Waals surface area contributed by atoms with Crippen LogP contribution in [0.3, 0.4) is 0 Å². The molecular formula is C14H21NO2. The second kappa shape index (κ2) is 7.71. The first-order chi connectivity index (χ1) is 8.27. The van der Waals surface area contributed by atoms with Gasteiger partial charge in [0.1, 0.15) is 5.75 Å². The second-order valence-corrected chi connectivity index (χ2v) is 4.05. The van der Waals surface area contributed by atoms with Crippen LogP contribution >= 0.6 is 0 Å². The highest BCUT2D eigenvalue weighted by molar-refractivity contribution is 5.75. The molecule has 0 aromatic heterocycles. The highest BCUT2D eigenvalue weighted by Gasteiger charge is 2.04. The minimum atomic E-state index is 0.115. The lowest BCUT2D eigenvalue weighted by Gasteiger charge is -2.09. The van der Waals surface area contributed by atoms with Gasteiger partial charge in [0, 0.05) is 18.5 Å². The molecule has 1 rings (SSSR count). The van der Waals surface area contributed by atoms with E-state index in [1.54, 1.807) is 7.11 Å². The third kappa shape index (κ3) is 4.89. The minimum absolute atomic E-state index is 0.115. The molecule has 1 aromatic carbocycles. The summed E-state index contributed by atoms with van der Waals surface area (Å²) < 4.78 is 5.22. The van der Waals surface area contributed by atoms with Crippen LogP contribution in [0, 0.1) is 0 Å². The van der Waals surface area contributed by atoms with Gasteiger partial charge in [-0.05, 0) is 12.5 Å². The summed E-state index contributed by atoms with van der Waals surface area (Å²) in [5.74, 6) is 0.936. The molecule has 1 amide bonds. The van der Waals surface area contributed by atoms with Gasteiger partial charge in [0.15, 0.2) is 0 Å². The van der Waals surface area contributed by atoms with Crippen LogP contribution in [0.15, 0.2) is 24.3 Å². The Labute approximate surface area is 103 Å². The summed E-state index contributed by atoms with van der Waals surface area (Å²) in [5.41, 5.74) is 1.01. The van der Waals surface area contributed by atoms with Gasteiger partial charge in [-0.2, -0.15) is 0 Å². The molecule has 0 radical (unpaired) electrons. The lowest BCUT2D eigenvalue weighted by molar-refractivity contribution is -0.121. The molecule has 0 aliphatic heterocycles. The van der Waals surface area contributed by atoms with Crippen molar-refractivity contribution in [2.24, 2.45) is 0 Å². The van der Waals surface area contributed by atoms with Crippen LogP contribution in [0.25, 0.3) is 0 Å². The van der Waals surface area contributed by atoms with Crippen molar-refractivity contribution in [3.63, 3.8) is 0 Å². The fourth-order valence-electron chi connectivity index (χ4n) is 1.67. The summed E-state index contributed by atoms with van der Waals surface area (Å²) in [6.07, 6.45) is 3.83. The van der Waals surface area contributed by atoms with Crippen molar-refractivity contribution < 1.29 is 9.53 Å². The lowest BCUT2D eigenvalue weighted by Crippen LogP contribution is -2.22. The Kier molecular flexibility index (Phi) is 6.15. The van der Waals surface area contributed by atoms with Crippen molar-refractivity contribution in [3.05, 3.63) is 29.8 Å². The summed E-state index contributed by atoms with van der Waals surface area (Å²) >= 11 is 0. The van der Waals surface area contributed by atoms with Crippen LogP contribution in [0.5, 0.6) is 5.75 Å². The fraction of sp³-hybridized carbons (Fsp3) is 0.500. The number of benzene rings is 1. The monoisotopic (exact) mass is 235 g/mol. The predicted molar refractivity (Wildman–Crippen MR) is 69.0 cm³/mol. The second-order valence-electron chi connectivity index (χ2n) is 4.05. The number of amides is 1. The van der Waals surface area contributed by atoms with Crippen molar-refractivity contribution in [1.82, 2.24) is 5.32 Å². The normalized spacial score (nSPS) is 10.0. The van der Waals surface area contributed by atoms with Gasteiger partial charge < -0.3 is 10.1 Å². The molecule has 0 atom stereocenters. The quantitative estimate of drug-likeness (QED) is 0.738. The molecule has 1 aromatic rings. The van der Waals surface area contributed by atoms with E-state index in [1.807, 2.05) is 24.3 Å². The molecule has 0 heterocycles. The molecule has 0 aliphatic carbocycles. The number of carbonyl (C=O) groups is 1. The number of carbonyl (C=O) groups excluding carboxylic acids is 1. The lowest BCUT2D eigenvalue weighted by atomic mass is 10.2. The molecular weight excluding hydrogens is 214 g/mol. The Hall–Kier alpha value is -1.51. The maximum Gasteiger partial charge on any atom is 0.220 e. The molecule has 0 spiro atoms. The standard InChI is InChI=1S/C14H21NO2/c1-3-4-5-10-14(16)15-11-12-8-6-7-9-13(12)17-2/h6-9H,3-5,10-11H2,1-2H3,(H,15,16). The van der Waals surface area contributed by atoms with Gasteiger partial charge in [0.2, 0.25) is 5.91 Å². The molecule has 0 saturated heterocycles. The third-order valence-electron chi connectivity index (χ3n) is 2.68. The fourth-order valence-corrected chi connectivity index (χ4v) is 1.67. The van der Waals surface area contributed by atoms with E-state index in [9.17, 15) is 4.79 Å². The molecule has 94 valence electrons. The Morgan fingerprint density at radius 3 is 2.76 bits per heavy atom. The predicted octanol–water partition coefficient (Wildman–Crippen LogP) is 2.89. The van der Waals surface area contributed by atoms with Crippen LogP contribution in [0.4, 0.5) is 0 Å². The van der Waals surface area contributed by atoms with Gasteiger partial charge >= 0.3 is 0 Å². The van der Waals surface area contributed by atoms with Gasteiger partial charge in [0.25, 0.3) is 0 Å². The Balaban J connectivity index is 2.36. The van der Waals surface area contributed by atoms with E-state index in [4.69, 9.17) is 4.74 Å². The van der Waals surface area contributed by atoms with Crippen LogP contribution in [0.2, 0.25) is 0 Å². The Bertz CT molecular complexity index is 350. The van der Waals surface area contributed by atoms with Gasteiger partial charge in [-0.3, -0.25) is 4.79 Å². The number of nitrogens with one attached hydrogen (secondary N) is 1. The average molecular weight is 235 g/mol. The number of rotatable bonds is 7. The van der Waals surface area contributed by atoms with Gasteiger partial charge in [-0.15, -0.1) is 0 Å². The van der Waals surface area contributed by atoms with Crippen molar-refractivity contribution in [3.8, 4) is 5.75 Å². The largest absolute Gasteiger partial charge is 0.496 e. The van der Waals surface area contributed by atoms with Crippen LogP contribution < -0.4 is 10.1 Å². The number of methoxy groups -OCH3 is 1. The first-order valence-corrected chi connectivity index (χ1v) is 6.16. The maximum absolute atomic E-state index is 11.5. The highest BCUT2D eigenvalue weighted by Crippen LogP contribution is 2.16. The third-order valence-corrected chi connectivity index (χ3v) is 2.68. The number of hydrogen-bond acceptors (Lipinski definition) is 2. The number of hydrogen-bond donors (Lipinski definition) is 1. The van der Waals surface area contributed by atoms with E-state index in [0.29, 0.717) is 13.0 Å². The molecule has 0 aliphatic rings. The maximum atomic E-state index is 11.5. The van der Waals surface area contributed by atoms with Crippen molar-refractivity contribution in [1.29, 1.82) is 0 Å². The van der Waals surface area contributed by atoms with Crippen molar-refractivity contribution in [2.45, 2.75) is 39.2 Å². The molecule has 1 N–H and O–H groups in total. The van der Waals surface area contributed by atoms with E-state index >= 15 is 0 Å². The molecule has 0 saturated carbocycles. The zero-order valence-electron chi connectivity index (χ0n) is 10.7. The first-order valence-electron chi connectivity index (χ1n) is 6.16. The van der Waals surface area contributed by atoms with E-state index in [0.717, 1.165) is 30.6 Å². The zero-order chi connectivity index (χ0) is 12.5. The number of ether oxygens (including phenoxy) is 1. The minimum Gasteiger partial charge on any atom is -0.496 e.